The molecule has 0 spiro atoms. The Kier molecular flexibility index (Phi) is 3.55. The Bertz CT molecular complexity index is 809. The zero-order chi connectivity index (χ0) is 14.8. The second-order valence-electron chi connectivity index (χ2n) is 4.75. The van der Waals surface area contributed by atoms with Crippen LogP contribution in [-0.4, -0.2) is 0 Å². The first-order valence-electron chi connectivity index (χ1n) is 6.55. The van der Waals surface area contributed by atoms with Gasteiger partial charge in [-0.1, -0.05) is 42.5 Å². The molecule has 102 valence electrons. The Labute approximate surface area is 126 Å². The van der Waals surface area contributed by atoms with E-state index < -0.39 is 0 Å². The number of halogens is 1. The van der Waals surface area contributed by atoms with E-state index in [1.807, 2.05) is 48.5 Å². The van der Waals surface area contributed by atoms with Gasteiger partial charge in [-0.25, -0.2) is 4.39 Å². The largest absolute Gasteiger partial charge is 0.206 e. The Hall–Kier alpha value is -2.44. The van der Waals surface area contributed by atoms with E-state index in [1.54, 1.807) is 6.92 Å². The number of hydrogen-bond donors (Lipinski definition) is 0. The molecule has 0 aliphatic carbocycles. The molecule has 1 nitrogen and oxygen atoms in total. The molecule has 0 unspecified atom stereocenters. The van der Waals surface area contributed by atoms with Crippen LogP contribution in [0.15, 0.2) is 54.6 Å². The maximum absolute atomic E-state index is 13.5. The molecule has 0 bridgehead atoms. The van der Waals surface area contributed by atoms with Gasteiger partial charge in [0, 0.05) is 9.75 Å². The molecule has 0 saturated heterocycles. The molecule has 0 N–H and O–H groups in total. The van der Waals surface area contributed by atoms with Crippen molar-refractivity contribution in [3.05, 3.63) is 70.9 Å². The van der Waals surface area contributed by atoms with Crippen LogP contribution in [0.4, 0.5) is 4.39 Å². The minimum atomic E-state index is -0.194. The maximum Gasteiger partial charge on any atom is 0.137 e. The van der Waals surface area contributed by atoms with Crippen molar-refractivity contribution < 1.29 is 4.39 Å². The second-order valence-corrected chi connectivity index (χ2v) is 6.01. The zero-order valence-corrected chi connectivity index (χ0v) is 12.2. The fraction of sp³-hybridized carbons (Fsp3) is 0.0556. The molecule has 0 aliphatic heterocycles. The van der Waals surface area contributed by atoms with E-state index in [0.29, 0.717) is 10.4 Å². The van der Waals surface area contributed by atoms with E-state index in [4.69, 9.17) is 0 Å². The molecule has 21 heavy (non-hydrogen) atoms. The van der Waals surface area contributed by atoms with Gasteiger partial charge in [0.05, 0.1) is 11.6 Å². The molecule has 1 aromatic heterocycles. The highest BCUT2D eigenvalue weighted by molar-refractivity contribution is 7.15. The number of nitrogens with zero attached hydrogens (tertiary/aromatic N) is 1. The summed E-state index contributed by atoms with van der Waals surface area (Å²) in [6.07, 6.45) is 0. The van der Waals surface area contributed by atoms with E-state index in [-0.39, 0.29) is 5.82 Å². The smallest absolute Gasteiger partial charge is 0.137 e. The first-order chi connectivity index (χ1) is 10.2. The quantitative estimate of drug-likeness (QED) is 0.620. The van der Waals surface area contributed by atoms with Crippen molar-refractivity contribution in [1.29, 1.82) is 5.26 Å². The van der Waals surface area contributed by atoms with Gasteiger partial charge in [0.15, 0.2) is 0 Å². The summed E-state index contributed by atoms with van der Waals surface area (Å²) in [5, 5.41) is 9.39. The minimum absolute atomic E-state index is 0.194. The summed E-state index contributed by atoms with van der Waals surface area (Å²) in [5.41, 5.74) is 3.39. The van der Waals surface area contributed by atoms with E-state index in [0.717, 1.165) is 21.6 Å². The fourth-order valence-electron chi connectivity index (χ4n) is 2.26. The van der Waals surface area contributed by atoms with E-state index >= 15 is 0 Å². The van der Waals surface area contributed by atoms with Crippen LogP contribution < -0.4 is 0 Å². The van der Waals surface area contributed by atoms with E-state index in [9.17, 15) is 9.65 Å². The van der Waals surface area contributed by atoms with Crippen LogP contribution in [0.3, 0.4) is 0 Å². The SMILES string of the molecule is Cc1sc(-c2ccc(-c3ccccc3)c(C#N)c2)cc1F. The monoisotopic (exact) mass is 293 g/mol. The van der Waals surface area contributed by atoms with Crippen molar-refractivity contribution in [3.63, 3.8) is 0 Å². The summed E-state index contributed by atoms with van der Waals surface area (Å²) in [6, 6.07) is 19.2. The Morgan fingerprint density at radius 3 is 2.38 bits per heavy atom. The first-order valence-corrected chi connectivity index (χ1v) is 7.36. The van der Waals surface area contributed by atoms with Crippen molar-refractivity contribution in [2.75, 3.05) is 0 Å². The van der Waals surface area contributed by atoms with Crippen LogP contribution in [0.5, 0.6) is 0 Å². The van der Waals surface area contributed by atoms with Gasteiger partial charge >= 0.3 is 0 Å². The lowest BCUT2D eigenvalue weighted by Crippen LogP contribution is -1.85. The molecular weight excluding hydrogens is 281 g/mol. The average Bonchev–Trinajstić information content (AvgIpc) is 2.87. The summed E-state index contributed by atoms with van der Waals surface area (Å²) >= 11 is 1.40. The maximum atomic E-state index is 13.5. The molecular formula is C18H12FNS. The highest BCUT2D eigenvalue weighted by Gasteiger charge is 2.10. The Morgan fingerprint density at radius 2 is 1.76 bits per heavy atom. The first kappa shape index (κ1) is 13.5. The molecule has 0 atom stereocenters. The predicted molar refractivity (Wildman–Crippen MR) is 84.6 cm³/mol. The summed E-state index contributed by atoms with van der Waals surface area (Å²) in [7, 11) is 0. The third kappa shape index (κ3) is 2.58. The molecule has 0 amide bonds. The summed E-state index contributed by atoms with van der Waals surface area (Å²) < 4.78 is 13.5. The number of rotatable bonds is 2. The number of hydrogen-bond acceptors (Lipinski definition) is 2. The summed E-state index contributed by atoms with van der Waals surface area (Å²) in [4.78, 5) is 1.51. The standard InChI is InChI=1S/C18H12FNS/c1-12-17(19)10-18(21-12)14-7-8-16(15(9-14)11-20)13-5-3-2-4-6-13/h2-10H,1H3. The number of thiophene rings is 1. The zero-order valence-electron chi connectivity index (χ0n) is 11.4. The molecule has 1 heterocycles. The topological polar surface area (TPSA) is 23.8 Å². The Balaban J connectivity index is 2.10. The lowest BCUT2D eigenvalue weighted by molar-refractivity contribution is 0.626. The van der Waals surface area contributed by atoms with Crippen molar-refractivity contribution in [3.8, 4) is 27.6 Å². The third-order valence-electron chi connectivity index (χ3n) is 3.37. The molecule has 0 radical (unpaired) electrons. The van der Waals surface area contributed by atoms with Crippen LogP contribution in [-0.2, 0) is 0 Å². The van der Waals surface area contributed by atoms with Crippen LogP contribution in [0, 0.1) is 24.1 Å². The van der Waals surface area contributed by atoms with Gasteiger partial charge < -0.3 is 0 Å². The van der Waals surface area contributed by atoms with Gasteiger partial charge in [0.25, 0.3) is 0 Å². The van der Waals surface area contributed by atoms with Crippen molar-refractivity contribution >= 4 is 11.3 Å². The number of benzene rings is 2. The van der Waals surface area contributed by atoms with Crippen molar-refractivity contribution in [1.82, 2.24) is 0 Å². The van der Waals surface area contributed by atoms with Gasteiger partial charge in [-0.2, -0.15) is 5.26 Å². The van der Waals surface area contributed by atoms with Crippen LogP contribution in [0.2, 0.25) is 0 Å². The van der Waals surface area contributed by atoms with E-state index in [2.05, 4.69) is 6.07 Å². The average molecular weight is 293 g/mol. The van der Waals surface area contributed by atoms with Crippen molar-refractivity contribution in [2.24, 2.45) is 0 Å². The fourth-order valence-corrected chi connectivity index (χ4v) is 3.16. The molecule has 3 aromatic rings. The van der Waals surface area contributed by atoms with Gasteiger partial charge in [-0.3, -0.25) is 0 Å². The third-order valence-corrected chi connectivity index (χ3v) is 4.44. The molecule has 3 rings (SSSR count). The normalized spacial score (nSPS) is 10.3. The minimum Gasteiger partial charge on any atom is -0.206 e. The van der Waals surface area contributed by atoms with Crippen LogP contribution in [0.1, 0.15) is 10.4 Å². The summed E-state index contributed by atoms with van der Waals surface area (Å²) in [6.45, 7) is 1.76. The lowest BCUT2D eigenvalue weighted by atomic mass is 9.98. The lowest BCUT2D eigenvalue weighted by Gasteiger charge is -2.06. The molecule has 0 aliphatic rings. The van der Waals surface area contributed by atoms with Crippen LogP contribution >= 0.6 is 11.3 Å². The predicted octanol–water partition coefficient (Wildman–Crippen LogP) is 5.40. The van der Waals surface area contributed by atoms with Crippen LogP contribution in [0.25, 0.3) is 21.6 Å². The molecule has 0 fully saturated rings. The summed E-state index contributed by atoms with van der Waals surface area (Å²) in [5.74, 6) is -0.194. The van der Waals surface area contributed by atoms with Gasteiger partial charge in [-0.15, -0.1) is 11.3 Å². The van der Waals surface area contributed by atoms with Crippen molar-refractivity contribution in [2.45, 2.75) is 6.92 Å². The van der Waals surface area contributed by atoms with Gasteiger partial charge in [0.1, 0.15) is 5.82 Å². The molecule has 3 heteroatoms. The van der Waals surface area contributed by atoms with Gasteiger partial charge in [0.2, 0.25) is 0 Å². The molecule has 2 aromatic carbocycles. The molecule has 0 saturated carbocycles. The number of aryl methyl sites for hydroxylation is 1. The highest BCUT2D eigenvalue weighted by Crippen LogP contribution is 2.33. The van der Waals surface area contributed by atoms with Gasteiger partial charge in [-0.05, 0) is 35.7 Å². The second kappa shape index (κ2) is 5.51. The Morgan fingerprint density at radius 1 is 1.00 bits per heavy atom. The van der Waals surface area contributed by atoms with E-state index in [1.165, 1.54) is 17.4 Å². The highest BCUT2D eigenvalue weighted by atomic mass is 32.1. The number of nitriles is 1.